The smallest absolute Gasteiger partial charge is 0.305 e. The molecule has 0 radical (unpaired) electrons. The Bertz CT molecular complexity index is 93.6. The van der Waals surface area contributed by atoms with Crippen LogP contribution in [0.15, 0.2) is 0 Å². The van der Waals surface area contributed by atoms with E-state index in [4.69, 9.17) is 11.6 Å². The maximum absolute atomic E-state index is 10.5. The summed E-state index contributed by atoms with van der Waals surface area (Å²) >= 11 is 5.43. The molecule has 0 heterocycles. The quantitative estimate of drug-likeness (QED) is 0.353. The molecular formula is C7H13ClO2. The third-order valence-corrected chi connectivity index (χ3v) is 1.51. The number of hydrogen-bond donors (Lipinski definition) is 0. The molecule has 0 saturated heterocycles. The van der Waals surface area contributed by atoms with Crippen LogP contribution in [0, 0.1) is 0 Å². The van der Waals surface area contributed by atoms with Crippen molar-refractivity contribution in [1.82, 2.24) is 0 Å². The van der Waals surface area contributed by atoms with Crippen molar-refractivity contribution in [3.8, 4) is 0 Å². The third-order valence-electron chi connectivity index (χ3n) is 1.24. The summed E-state index contributed by atoms with van der Waals surface area (Å²) in [6, 6.07) is 0. The van der Waals surface area contributed by atoms with Crippen LogP contribution in [0.1, 0.15) is 25.7 Å². The molecule has 0 saturated carbocycles. The first-order chi connectivity index (χ1) is 4.81. The summed E-state index contributed by atoms with van der Waals surface area (Å²) in [6.07, 6.45) is 3.41. The fourth-order valence-electron chi connectivity index (χ4n) is 0.643. The van der Waals surface area contributed by atoms with E-state index in [2.05, 4.69) is 4.74 Å². The van der Waals surface area contributed by atoms with Crippen molar-refractivity contribution in [2.24, 2.45) is 0 Å². The maximum atomic E-state index is 10.5. The van der Waals surface area contributed by atoms with Crippen LogP contribution in [0.4, 0.5) is 0 Å². The van der Waals surface area contributed by atoms with E-state index < -0.39 is 0 Å². The Hall–Kier alpha value is -0.240. The lowest BCUT2D eigenvalue weighted by Gasteiger charge is -1.96. The Morgan fingerprint density at radius 1 is 1.40 bits per heavy atom. The predicted molar refractivity (Wildman–Crippen MR) is 41.2 cm³/mol. The highest BCUT2D eigenvalue weighted by Gasteiger charge is 1.97. The van der Waals surface area contributed by atoms with E-state index in [-0.39, 0.29) is 5.97 Å². The molecule has 0 aliphatic carbocycles. The SMILES string of the molecule is COC(=O)CCCCCCl. The molecule has 0 fully saturated rings. The first-order valence-corrected chi connectivity index (χ1v) is 3.97. The van der Waals surface area contributed by atoms with Crippen LogP contribution >= 0.6 is 11.6 Å². The van der Waals surface area contributed by atoms with Gasteiger partial charge in [-0.2, -0.15) is 0 Å². The van der Waals surface area contributed by atoms with E-state index >= 15 is 0 Å². The summed E-state index contributed by atoms with van der Waals surface area (Å²) in [6.45, 7) is 0. The Balaban J connectivity index is 2.96. The number of rotatable bonds is 5. The Morgan fingerprint density at radius 2 is 2.10 bits per heavy atom. The van der Waals surface area contributed by atoms with E-state index in [9.17, 15) is 4.79 Å². The fourth-order valence-corrected chi connectivity index (χ4v) is 0.832. The molecule has 2 nitrogen and oxygen atoms in total. The molecule has 3 heteroatoms. The van der Waals surface area contributed by atoms with Gasteiger partial charge in [-0.05, 0) is 12.8 Å². The molecule has 0 amide bonds. The van der Waals surface area contributed by atoms with Gasteiger partial charge in [-0.15, -0.1) is 11.6 Å². The standard InChI is InChI=1S/C7H13ClO2/c1-10-7(9)5-3-2-4-6-8/h2-6H2,1H3. The highest BCUT2D eigenvalue weighted by molar-refractivity contribution is 6.17. The minimum absolute atomic E-state index is 0.130. The molecular weight excluding hydrogens is 152 g/mol. The van der Waals surface area contributed by atoms with Gasteiger partial charge in [-0.25, -0.2) is 0 Å². The molecule has 0 aliphatic rings. The van der Waals surface area contributed by atoms with Crippen molar-refractivity contribution in [1.29, 1.82) is 0 Å². The number of alkyl halides is 1. The summed E-state index contributed by atoms with van der Waals surface area (Å²) in [7, 11) is 1.41. The van der Waals surface area contributed by atoms with Crippen molar-refractivity contribution < 1.29 is 9.53 Å². The van der Waals surface area contributed by atoms with Gasteiger partial charge in [0.2, 0.25) is 0 Å². The fraction of sp³-hybridized carbons (Fsp3) is 0.857. The van der Waals surface area contributed by atoms with Crippen molar-refractivity contribution in [3.05, 3.63) is 0 Å². The van der Waals surface area contributed by atoms with Gasteiger partial charge in [-0.1, -0.05) is 6.42 Å². The molecule has 10 heavy (non-hydrogen) atoms. The molecule has 0 spiro atoms. The number of ether oxygens (including phenoxy) is 1. The van der Waals surface area contributed by atoms with Gasteiger partial charge in [-0.3, -0.25) is 4.79 Å². The van der Waals surface area contributed by atoms with Crippen molar-refractivity contribution >= 4 is 17.6 Å². The number of methoxy groups -OCH3 is 1. The molecule has 60 valence electrons. The molecule has 0 atom stereocenters. The largest absolute Gasteiger partial charge is 0.469 e. The van der Waals surface area contributed by atoms with Gasteiger partial charge < -0.3 is 4.74 Å². The minimum atomic E-state index is -0.130. The van der Waals surface area contributed by atoms with Gasteiger partial charge in [0.1, 0.15) is 0 Å². The zero-order valence-corrected chi connectivity index (χ0v) is 6.99. The van der Waals surface area contributed by atoms with Gasteiger partial charge in [0.25, 0.3) is 0 Å². The number of hydrogen-bond acceptors (Lipinski definition) is 2. The zero-order chi connectivity index (χ0) is 7.82. The number of halogens is 1. The summed E-state index contributed by atoms with van der Waals surface area (Å²) in [5.74, 6) is 0.552. The lowest BCUT2D eigenvalue weighted by molar-refractivity contribution is -0.140. The molecule has 0 bridgehead atoms. The summed E-state index contributed by atoms with van der Waals surface area (Å²) in [4.78, 5) is 10.5. The van der Waals surface area contributed by atoms with E-state index in [0.29, 0.717) is 12.3 Å². The molecule has 0 aliphatic heterocycles. The van der Waals surface area contributed by atoms with Crippen LogP contribution in [0.2, 0.25) is 0 Å². The van der Waals surface area contributed by atoms with E-state index in [1.807, 2.05) is 0 Å². The number of carbonyl (C=O) groups excluding carboxylic acids is 1. The summed E-state index contributed by atoms with van der Waals surface area (Å²) in [5, 5.41) is 0. The zero-order valence-electron chi connectivity index (χ0n) is 6.23. The average molecular weight is 165 g/mol. The topological polar surface area (TPSA) is 26.3 Å². The van der Waals surface area contributed by atoms with Crippen molar-refractivity contribution in [2.75, 3.05) is 13.0 Å². The molecule has 0 aromatic heterocycles. The van der Waals surface area contributed by atoms with E-state index in [0.717, 1.165) is 19.3 Å². The molecule has 0 N–H and O–H groups in total. The second-order valence-electron chi connectivity index (χ2n) is 2.08. The van der Waals surface area contributed by atoms with E-state index in [1.54, 1.807) is 0 Å². The van der Waals surface area contributed by atoms with Crippen LogP contribution in [-0.2, 0) is 9.53 Å². The summed E-state index contributed by atoms with van der Waals surface area (Å²) in [5.41, 5.74) is 0. The Kier molecular flexibility index (Phi) is 6.71. The van der Waals surface area contributed by atoms with Gasteiger partial charge in [0.15, 0.2) is 0 Å². The van der Waals surface area contributed by atoms with Crippen LogP contribution in [0.25, 0.3) is 0 Å². The number of carbonyl (C=O) groups is 1. The van der Waals surface area contributed by atoms with E-state index in [1.165, 1.54) is 7.11 Å². The number of esters is 1. The molecule has 0 aromatic carbocycles. The summed E-state index contributed by atoms with van der Waals surface area (Å²) < 4.78 is 4.46. The second kappa shape index (κ2) is 6.87. The molecule has 0 rings (SSSR count). The van der Waals surface area contributed by atoms with Crippen LogP contribution in [-0.4, -0.2) is 19.0 Å². The van der Waals surface area contributed by atoms with Crippen molar-refractivity contribution in [2.45, 2.75) is 25.7 Å². The third kappa shape index (κ3) is 5.89. The van der Waals surface area contributed by atoms with Crippen LogP contribution in [0.5, 0.6) is 0 Å². The predicted octanol–water partition coefficient (Wildman–Crippen LogP) is 1.96. The number of unbranched alkanes of at least 4 members (excludes halogenated alkanes) is 2. The highest BCUT2D eigenvalue weighted by atomic mass is 35.5. The molecule has 0 unspecified atom stereocenters. The highest BCUT2D eigenvalue weighted by Crippen LogP contribution is 2.01. The van der Waals surface area contributed by atoms with Gasteiger partial charge >= 0.3 is 5.97 Å². The minimum Gasteiger partial charge on any atom is -0.469 e. The first-order valence-electron chi connectivity index (χ1n) is 3.44. The van der Waals surface area contributed by atoms with Gasteiger partial charge in [0, 0.05) is 12.3 Å². The lowest BCUT2D eigenvalue weighted by Crippen LogP contribution is -1.99. The Labute approximate surface area is 66.5 Å². The second-order valence-corrected chi connectivity index (χ2v) is 2.45. The first kappa shape index (κ1) is 9.76. The maximum Gasteiger partial charge on any atom is 0.305 e. The normalized spacial score (nSPS) is 9.40. The molecule has 0 aromatic rings. The van der Waals surface area contributed by atoms with Crippen molar-refractivity contribution in [3.63, 3.8) is 0 Å². The monoisotopic (exact) mass is 164 g/mol. The average Bonchev–Trinajstić information content (AvgIpc) is 1.98. The lowest BCUT2D eigenvalue weighted by atomic mass is 10.2. The Morgan fingerprint density at radius 3 is 2.60 bits per heavy atom. The van der Waals surface area contributed by atoms with Crippen LogP contribution < -0.4 is 0 Å². The van der Waals surface area contributed by atoms with Gasteiger partial charge in [0.05, 0.1) is 7.11 Å². The van der Waals surface area contributed by atoms with Crippen LogP contribution in [0.3, 0.4) is 0 Å².